The zero-order chi connectivity index (χ0) is 18.0. The molecule has 3 nitrogen and oxygen atoms in total. The second kappa shape index (κ2) is 7.61. The molecule has 1 amide bonds. The number of hydrogen-bond donors (Lipinski definition) is 1. The number of amides is 1. The van der Waals surface area contributed by atoms with Crippen molar-refractivity contribution in [2.24, 2.45) is 0 Å². The molecular formula is C20H23AsFNO2. The average molecular weight is 403 g/mol. The zero-order valence-electron chi connectivity index (χ0n) is 14.7. The van der Waals surface area contributed by atoms with Crippen molar-refractivity contribution in [1.82, 2.24) is 5.32 Å². The van der Waals surface area contributed by atoms with Crippen molar-refractivity contribution in [3.63, 3.8) is 0 Å². The second-order valence-electron chi connectivity index (χ2n) is 6.65. The molecule has 0 aliphatic carbocycles. The van der Waals surface area contributed by atoms with Gasteiger partial charge in [-0.25, -0.2) is 0 Å². The van der Waals surface area contributed by atoms with Gasteiger partial charge in [0.1, 0.15) is 0 Å². The van der Waals surface area contributed by atoms with Gasteiger partial charge in [-0.15, -0.1) is 0 Å². The number of rotatable bonds is 4. The molecule has 5 heteroatoms. The Balaban J connectivity index is 1.77. The molecule has 2 aromatic carbocycles. The minimum absolute atomic E-state index is 0.0136. The summed E-state index contributed by atoms with van der Waals surface area (Å²) >= 11 is -1.13. The molecule has 0 radical (unpaired) electrons. The molecule has 1 aliphatic rings. The molecule has 3 rings (SSSR count). The van der Waals surface area contributed by atoms with Crippen LogP contribution < -0.4 is 10.1 Å². The van der Waals surface area contributed by atoms with E-state index in [0.29, 0.717) is 11.3 Å². The number of halogens is 1. The Morgan fingerprint density at radius 3 is 2.56 bits per heavy atom. The van der Waals surface area contributed by atoms with Crippen LogP contribution in [-0.4, -0.2) is 33.2 Å². The van der Waals surface area contributed by atoms with E-state index >= 15 is 0 Å². The van der Waals surface area contributed by atoms with Crippen LogP contribution in [0.3, 0.4) is 0 Å². The van der Waals surface area contributed by atoms with Crippen LogP contribution in [0.4, 0.5) is 4.39 Å². The van der Waals surface area contributed by atoms with E-state index in [9.17, 15) is 9.18 Å². The van der Waals surface area contributed by atoms with E-state index in [1.165, 1.54) is 17.7 Å². The van der Waals surface area contributed by atoms with Crippen molar-refractivity contribution in [1.29, 1.82) is 0 Å². The van der Waals surface area contributed by atoms with Crippen molar-refractivity contribution < 1.29 is 13.9 Å². The number of carbonyl (C=O) groups excluding carboxylic acids is 1. The van der Waals surface area contributed by atoms with Crippen LogP contribution in [0.15, 0.2) is 48.5 Å². The number of para-hydroxylation sites is 1. The van der Waals surface area contributed by atoms with Crippen LogP contribution in [0.1, 0.15) is 28.7 Å². The van der Waals surface area contributed by atoms with Gasteiger partial charge in [0.2, 0.25) is 0 Å². The van der Waals surface area contributed by atoms with Crippen LogP contribution in [0.2, 0.25) is 11.4 Å². The van der Waals surface area contributed by atoms with Crippen LogP contribution >= 0.6 is 0 Å². The van der Waals surface area contributed by atoms with Crippen LogP contribution in [0, 0.1) is 5.82 Å². The van der Waals surface area contributed by atoms with Gasteiger partial charge in [-0.3, -0.25) is 0 Å². The third-order valence-corrected chi connectivity index (χ3v) is 8.36. The minimum atomic E-state index is -1.13. The molecule has 0 saturated heterocycles. The number of benzene rings is 2. The first-order valence-electron chi connectivity index (χ1n) is 8.41. The predicted molar refractivity (Wildman–Crippen MR) is 98.9 cm³/mol. The quantitative estimate of drug-likeness (QED) is 0.787. The zero-order valence-corrected chi connectivity index (χ0v) is 16.6. The fourth-order valence-corrected chi connectivity index (χ4v) is 6.77. The van der Waals surface area contributed by atoms with E-state index in [2.05, 4.69) is 22.8 Å². The van der Waals surface area contributed by atoms with E-state index in [1.54, 1.807) is 12.1 Å². The molecule has 1 unspecified atom stereocenters. The van der Waals surface area contributed by atoms with Gasteiger partial charge in [0, 0.05) is 0 Å². The van der Waals surface area contributed by atoms with Crippen LogP contribution in [-0.2, 0) is 4.79 Å². The molecule has 132 valence electrons. The van der Waals surface area contributed by atoms with E-state index in [-0.39, 0.29) is 23.7 Å². The van der Waals surface area contributed by atoms with Gasteiger partial charge in [-0.1, -0.05) is 0 Å². The molecule has 0 saturated carbocycles. The van der Waals surface area contributed by atoms with Gasteiger partial charge < -0.3 is 0 Å². The third kappa shape index (κ3) is 3.90. The van der Waals surface area contributed by atoms with Crippen molar-refractivity contribution in [3.05, 3.63) is 65.5 Å². The summed E-state index contributed by atoms with van der Waals surface area (Å²) in [4.78, 5) is 12.7. The summed E-state index contributed by atoms with van der Waals surface area (Å²) in [6.45, 7) is 2.35. The molecule has 3 atom stereocenters. The monoisotopic (exact) mass is 403 g/mol. The molecule has 0 bridgehead atoms. The summed E-state index contributed by atoms with van der Waals surface area (Å²) < 4.78 is 19.3. The van der Waals surface area contributed by atoms with Crippen molar-refractivity contribution in [2.45, 2.75) is 35.0 Å². The van der Waals surface area contributed by atoms with Gasteiger partial charge in [-0.2, -0.15) is 0 Å². The van der Waals surface area contributed by atoms with Crippen LogP contribution in [0.25, 0.3) is 0 Å². The first-order valence-corrected chi connectivity index (χ1v) is 13.2. The van der Waals surface area contributed by atoms with Gasteiger partial charge >= 0.3 is 153 Å². The molecule has 1 aliphatic heterocycles. The predicted octanol–water partition coefficient (Wildman–Crippen LogP) is 3.88. The topological polar surface area (TPSA) is 38.3 Å². The van der Waals surface area contributed by atoms with Gasteiger partial charge in [0.05, 0.1) is 0 Å². The van der Waals surface area contributed by atoms with Gasteiger partial charge in [0.15, 0.2) is 0 Å². The Hall–Kier alpha value is -1.80. The third-order valence-electron chi connectivity index (χ3n) is 4.68. The Bertz CT molecular complexity index is 748. The summed E-state index contributed by atoms with van der Waals surface area (Å²) in [5.41, 5.74) is 6.64. The molecule has 0 fully saturated rings. The second-order valence-corrected chi connectivity index (χ2v) is 11.9. The fourth-order valence-electron chi connectivity index (χ4n) is 3.31. The SMILES string of the molecule is CC(C(=O)N[C@@H]1COc2ccccc2[C@H]1[As](C)C)c1ccc(F)cc1. The van der Waals surface area contributed by atoms with Crippen molar-refractivity contribution in [3.8, 4) is 5.75 Å². The Morgan fingerprint density at radius 2 is 1.88 bits per heavy atom. The van der Waals surface area contributed by atoms with Crippen molar-refractivity contribution in [2.75, 3.05) is 6.61 Å². The number of ether oxygens (including phenoxy) is 1. The Kier molecular flexibility index (Phi) is 5.48. The number of carbonyl (C=O) groups is 1. The van der Waals surface area contributed by atoms with Crippen molar-refractivity contribution >= 4 is 20.6 Å². The molecule has 0 spiro atoms. The summed E-state index contributed by atoms with van der Waals surface area (Å²) in [7, 11) is 0. The fraction of sp³-hybridized carbons (Fsp3) is 0.350. The van der Waals surface area contributed by atoms with Crippen LogP contribution in [0.5, 0.6) is 5.75 Å². The molecular weight excluding hydrogens is 380 g/mol. The molecule has 25 heavy (non-hydrogen) atoms. The van der Waals surface area contributed by atoms with Gasteiger partial charge in [0.25, 0.3) is 0 Å². The average Bonchev–Trinajstić information content (AvgIpc) is 2.61. The Labute approximate surface area is 152 Å². The van der Waals surface area contributed by atoms with E-state index < -0.39 is 14.7 Å². The molecule has 2 aromatic rings. The van der Waals surface area contributed by atoms with E-state index in [4.69, 9.17) is 4.74 Å². The number of nitrogens with one attached hydrogen (secondary N) is 1. The summed E-state index contributed by atoms with van der Waals surface area (Å²) in [5.74, 6) is 0.279. The molecule has 1 heterocycles. The molecule has 1 N–H and O–H groups in total. The van der Waals surface area contributed by atoms with Gasteiger partial charge in [-0.05, 0) is 0 Å². The maximum absolute atomic E-state index is 13.1. The Morgan fingerprint density at radius 1 is 1.20 bits per heavy atom. The first-order chi connectivity index (χ1) is 12.0. The summed E-state index contributed by atoms with van der Waals surface area (Å²) in [6, 6.07) is 14.2. The maximum atomic E-state index is 13.1. The first kappa shape index (κ1) is 18.0. The normalized spacial score (nSPS) is 20.5. The summed E-state index contributed by atoms with van der Waals surface area (Å²) in [6.07, 6.45) is 0. The standard InChI is InChI=1S/C20H23AsFNO2/c1-13(14-8-10-15(22)11-9-14)20(24)23-17-12-25-18-7-5-4-6-16(18)19(17)21(2)3/h4-11,13,17,19H,12H2,1-3H3,(H,23,24)/t13?,17-,19-/m1/s1. The number of fused-ring (bicyclic) bond motifs is 1. The summed E-state index contributed by atoms with van der Waals surface area (Å²) in [5, 5.41) is 3.18. The molecule has 0 aromatic heterocycles. The van der Waals surface area contributed by atoms with E-state index in [0.717, 1.165) is 11.3 Å². The number of hydrogen-bond acceptors (Lipinski definition) is 2. The van der Waals surface area contributed by atoms with E-state index in [1.807, 2.05) is 25.1 Å².